The van der Waals surface area contributed by atoms with Gasteiger partial charge in [0.15, 0.2) is 0 Å². The van der Waals surface area contributed by atoms with Gasteiger partial charge in [-0.2, -0.15) is 0 Å². The largest absolute Gasteiger partial charge is 0.384 e. The highest BCUT2D eigenvalue weighted by molar-refractivity contribution is 5.43. The third-order valence-electron chi connectivity index (χ3n) is 3.02. The van der Waals surface area contributed by atoms with Crippen molar-refractivity contribution < 1.29 is 0 Å². The lowest BCUT2D eigenvalue weighted by Gasteiger charge is -2.32. The number of rotatable bonds is 4. The van der Waals surface area contributed by atoms with Crippen molar-refractivity contribution in [3.05, 3.63) is 12.4 Å². The van der Waals surface area contributed by atoms with Crippen LogP contribution in [0.5, 0.6) is 0 Å². The number of anilines is 2. The van der Waals surface area contributed by atoms with E-state index in [1.54, 1.807) is 6.07 Å². The minimum absolute atomic E-state index is 0.502. The van der Waals surface area contributed by atoms with E-state index in [1.807, 2.05) is 0 Å². The molecular weight excluding hydrogens is 216 g/mol. The molecule has 1 aliphatic rings. The Kier molecular flexibility index (Phi) is 4.11. The normalized spacial score (nSPS) is 18.2. The first-order valence-electron chi connectivity index (χ1n) is 5.96. The van der Waals surface area contributed by atoms with Crippen LogP contribution in [-0.4, -0.2) is 66.1 Å². The zero-order chi connectivity index (χ0) is 12.1. The van der Waals surface area contributed by atoms with Gasteiger partial charge in [0.05, 0.1) is 0 Å². The number of aromatic nitrogens is 2. The highest BCUT2D eigenvalue weighted by Crippen LogP contribution is 2.04. The van der Waals surface area contributed by atoms with Crippen LogP contribution in [0.2, 0.25) is 0 Å². The summed E-state index contributed by atoms with van der Waals surface area (Å²) in [7, 11) is 2.17. The average Bonchev–Trinajstić information content (AvgIpc) is 2.32. The predicted molar refractivity (Wildman–Crippen MR) is 68.9 cm³/mol. The summed E-state index contributed by atoms with van der Waals surface area (Å²) in [6, 6.07) is 1.75. The standard InChI is InChI=1S/C11H20N6/c1-16-4-6-17(7-5-16)3-2-13-11-8-10(12)14-9-15-11/h8-9H,2-7H2,1H3,(H3,12,13,14,15). The van der Waals surface area contributed by atoms with E-state index in [0.717, 1.165) is 45.1 Å². The van der Waals surface area contributed by atoms with Crippen LogP contribution in [0.25, 0.3) is 0 Å². The van der Waals surface area contributed by atoms with Crippen LogP contribution < -0.4 is 11.1 Å². The lowest BCUT2D eigenvalue weighted by molar-refractivity contribution is 0.158. The molecule has 0 aromatic carbocycles. The molecule has 0 aliphatic carbocycles. The highest BCUT2D eigenvalue weighted by Gasteiger charge is 2.12. The quantitative estimate of drug-likeness (QED) is 0.749. The van der Waals surface area contributed by atoms with E-state index in [1.165, 1.54) is 6.33 Å². The molecule has 0 unspecified atom stereocenters. The number of nitrogen functional groups attached to an aromatic ring is 1. The maximum atomic E-state index is 5.58. The molecule has 2 rings (SSSR count). The maximum Gasteiger partial charge on any atom is 0.131 e. The fourth-order valence-corrected chi connectivity index (χ4v) is 1.88. The van der Waals surface area contributed by atoms with Crippen molar-refractivity contribution in [3.8, 4) is 0 Å². The van der Waals surface area contributed by atoms with Gasteiger partial charge < -0.3 is 16.0 Å². The third-order valence-corrected chi connectivity index (χ3v) is 3.02. The van der Waals surface area contributed by atoms with Gasteiger partial charge in [-0.25, -0.2) is 9.97 Å². The third kappa shape index (κ3) is 3.83. The van der Waals surface area contributed by atoms with E-state index in [9.17, 15) is 0 Å². The number of nitrogens with two attached hydrogens (primary N) is 1. The Hall–Kier alpha value is -1.40. The zero-order valence-corrected chi connectivity index (χ0v) is 10.3. The SMILES string of the molecule is CN1CCN(CCNc2cc(N)ncn2)CC1. The lowest BCUT2D eigenvalue weighted by atomic mass is 10.3. The molecule has 17 heavy (non-hydrogen) atoms. The molecule has 1 aromatic heterocycles. The summed E-state index contributed by atoms with van der Waals surface area (Å²) in [5, 5.41) is 3.26. The Labute approximate surface area is 102 Å². The van der Waals surface area contributed by atoms with Crippen LogP contribution in [0, 0.1) is 0 Å². The molecule has 1 aromatic rings. The molecule has 0 radical (unpaired) electrons. The zero-order valence-electron chi connectivity index (χ0n) is 10.3. The fraction of sp³-hybridized carbons (Fsp3) is 0.636. The summed E-state index contributed by atoms with van der Waals surface area (Å²) in [5.74, 6) is 1.30. The van der Waals surface area contributed by atoms with Crippen molar-refractivity contribution in [2.24, 2.45) is 0 Å². The van der Waals surface area contributed by atoms with Gasteiger partial charge in [-0.3, -0.25) is 4.90 Å². The van der Waals surface area contributed by atoms with Gasteiger partial charge in [0.1, 0.15) is 18.0 Å². The Morgan fingerprint density at radius 2 is 2.06 bits per heavy atom. The number of nitrogens with one attached hydrogen (secondary N) is 1. The summed E-state index contributed by atoms with van der Waals surface area (Å²) in [6.45, 7) is 6.52. The highest BCUT2D eigenvalue weighted by atomic mass is 15.2. The van der Waals surface area contributed by atoms with Gasteiger partial charge in [0.2, 0.25) is 0 Å². The minimum Gasteiger partial charge on any atom is -0.384 e. The summed E-state index contributed by atoms with van der Waals surface area (Å²) < 4.78 is 0. The molecule has 0 saturated carbocycles. The Bertz CT molecular complexity index is 348. The lowest BCUT2D eigenvalue weighted by Crippen LogP contribution is -2.45. The Balaban J connectivity index is 1.69. The average molecular weight is 236 g/mol. The van der Waals surface area contributed by atoms with Crippen LogP contribution in [-0.2, 0) is 0 Å². The molecule has 0 spiro atoms. The van der Waals surface area contributed by atoms with E-state index in [0.29, 0.717) is 5.82 Å². The summed E-state index contributed by atoms with van der Waals surface area (Å²) in [5.41, 5.74) is 5.58. The molecule has 0 atom stereocenters. The number of piperazine rings is 1. The topological polar surface area (TPSA) is 70.3 Å². The Morgan fingerprint density at radius 1 is 1.29 bits per heavy atom. The first kappa shape index (κ1) is 12.1. The Morgan fingerprint density at radius 3 is 2.76 bits per heavy atom. The molecule has 6 heteroatoms. The van der Waals surface area contributed by atoms with Crippen molar-refractivity contribution in [1.29, 1.82) is 0 Å². The minimum atomic E-state index is 0.502. The van der Waals surface area contributed by atoms with Crippen LogP contribution in [0.3, 0.4) is 0 Å². The van der Waals surface area contributed by atoms with Gasteiger partial charge in [-0.1, -0.05) is 0 Å². The molecule has 6 nitrogen and oxygen atoms in total. The summed E-state index contributed by atoms with van der Waals surface area (Å²) >= 11 is 0. The molecule has 0 amide bonds. The smallest absolute Gasteiger partial charge is 0.131 e. The fourth-order valence-electron chi connectivity index (χ4n) is 1.88. The number of hydrogen-bond acceptors (Lipinski definition) is 6. The van der Waals surface area contributed by atoms with Gasteiger partial charge in [0, 0.05) is 45.3 Å². The van der Waals surface area contributed by atoms with E-state index in [-0.39, 0.29) is 0 Å². The van der Waals surface area contributed by atoms with Crippen LogP contribution in [0.1, 0.15) is 0 Å². The predicted octanol–water partition coefficient (Wildman–Crippen LogP) is -0.282. The van der Waals surface area contributed by atoms with Gasteiger partial charge in [-0.05, 0) is 7.05 Å². The van der Waals surface area contributed by atoms with Crippen molar-refractivity contribution in [2.75, 3.05) is 57.4 Å². The second kappa shape index (κ2) is 5.79. The van der Waals surface area contributed by atoms with Gasteiger partial charge in [-0.15, -0.1) is 0 Å². The molecule has 2 heterocycles. The number of hydrogen-bond donors (Lipinski definition) is 2. The summed E-state index contributed by atoms with van der Waals surface area (Å²) in [4.78, 5) is 12.8. The van der Waals surface area contributed by atoms with E-state index >= 15 is 0 Å². The second-order valence-corrected chi connectivity index (χ2v) is 4.40. The second-order valence-electron chi connectivity index (χ2n) is 4.40. The molecule has 1 saturated heterocycles. The van der Waals surface area contributed by atoms with Gasteiger partial charge in [0.25, 0.3) is 0 Å². The van der Waals surface area contributed by atoms with Crippen molar-refractivity contribution in [1.82, 2.24) is 19.8 Å². The van der Waals surface area contributed by atoms with Crippen molar-refractivity contribution in [2.45, 2.75) is 0 Å². The summed E-state index contributed by atoms with van der Waals surface area (Å²) in [6.07, 6.45) is 1.48. The molecule has 0 bridgehead atoms. The van der Waals surface area contributed by atoms with Crippen molar-refractivity contribution >= 4 is 11.6 Å². The monoisotopic (exact) mass is 236 g/mol. The van der Waals surface area contributed by atoms with E-state index in [2.05, 4.69) is 32.1 Å². The van der Waals surface area contributed by atoms with Crippen LogP contribution in [0.4, 0.5) is 11.6 Å². The molecular formula is C11H20N6. The molecule has 3 N–H and O–H groups in total. The maximum absolute atomic E-state index is 5.58. The molecule has 1 fully saturated rings. The molecule has 94 valence electrons. The van der Waals surface area contributed by atoms with E-state index < -0.39 is 0 Å². The number of nitrogens with zero attached hydrogens (tertiary/aromatic N) is 4. The number of likely N-dealkylation sites (N-methyl/N-ethyl adjacent to an activating group) is 1. The first-order valence-corrected chi connectivity index (χ1v) is 5.96. The molecule has 1 aliphatic heterocycles. The van der Waals surface area contributed by atoms with Crippen LogP contribution in [0.15, 0.2) is 12.4 Å². The van der Waals surface area contributed by atoms with Crippen molar-refractivity contribution in [3.63, 3.8) is 0 Å². The van der Waals surface area contributed by atoms with Crippen LogP contribution >= 0.6 is 0 Å². The van der Waals surface area contributed by atoms with E-state index in [4.69, 9.17) is 5.73 Å². The van der Waals surface area contributed by atoms with Gasteiger partial charge >= 0.3 is 0 Å². The first-order chi connectivity index (χ1) is 8.24.